The normalized spacial score (nSPS) is 14.5. The molecule has 108 valence electrons. The highest BCUT2D eigenvalue weighted by molar-refractivity contribution is 5.28. The van der Waals surface area contributed by atoms with Crippen molar-refractivity contribution in [2.45, 2.75) is 71.0 Å². The summed E-state index contributed by atoms with van der Waals surface area (Å²) >= 11 is 0. The third-order valence-electron chi connectivity index (χ3n) is 4.09. The van der Waals surface area contributed by atoms with E-state index in [9.17, 15) is 10.2 Å². The van der Waals surface area contributed by atoms with Gasteiger partial charge in [-0.15, -0.1) is 0 Å². The molecule has 1 aromatic carbocycles. The molecule has 0 radical (unpaired) electrons. The first-order valence-corrected chi connectivity index (χ1v) is 7.22. The van der Waals surface area contributed by atoms with Crippen LogP contribution in [0.4, 0.5) is 0 Å². The van der Waals surface area contributed by atoms with Gasteiger partial charge in [0, 0.05) is 6.42 Å². The molecule has 0 saturated carbocycles. The molecule has 1 rings (SSSR count). The van der Waals surface area contributed by atoms with E-state index in [1.54, 1.807) is 0 Å². The molecule has 0 amide bonds. The minimum atomic E-state index is -0.970. The van der Waals surface area contributed by atoms with Gasteiger partial charge in [0.1, 0.15) is 0 Å². The van der Waals surface area contributed by atoms with E-state index in [2.05, 4.69) is 45.0 Å². The minimum absolute atomic E-state index is 0.144. The molecule has 1 unspecified atom stereocenters. The molecule has 2 heteroatoms. The maximum atomic E-state index is 10.3. The number of aliphatic hydroxyl groups is 2. The monoisotopic (exact) mass is 264 g/mol. The van der Waals surface area contributed by atoms with Gasteiger partial charge < -0.3 is 10.2 Å². The maximum Gasteiger partial charge on any atom is 0.0903 e. The van der Waals surface area contributed by atoms with Gasteiger partial charge in [0.2, 0.25) is 0 Å². The van der Waals surface area contributed by atoms with Crippen molar-refractivity contribution in [3.05, 3.63) is 35.4 Å². The van der Waals surface area contributed by atoms with Gasteiger partial charge in [-0.25, -0.2) is 0 Å². The van der Waals surface area contributed by atoms with Crippen LogP contribution in [0.15, 0.2) is 24.3 Å². The van der Waals surface area contributed by atoms with Crippen molar-refractivity contribution in [2.75, 3.05) is 0 Å². The fraction of sp³-hybridized carbons (Fsp3) is 0.647. The van der Waals surface area contributed by atoms with E-state index in [4.69, 9.17) is 0 Å². The first-order valence-electron chi connectivity index (χ1n) is 7.22. The molecule has 0 aliphatic rings. The van der Waals surface area contributed by atoms with Crippen molar-refractivity contribution in [3.63, 3.8) is 0 Å². The second-order valence-electron chi connectivity index (χ2n) is 6.48. The molecule has 0 saturated heterocycles. The highest BCUT2D eigenvalue weighted by Gasteiger charge is 2.31. The molecule has 2 nitrogen and oxygen atoms in total. The molecule has 0 aliphatic heterocycles. The third kappa shape index (κ3) is 4.05. The van der Waals surface area contributed by atoms with Crippen molar-refractivity contribution >= 4 is 0 Å². The summed E-state index contributed by atoms with van der Waals surface area (Å²) in [6.45, 7) is 10.4. The lowest BCUT2D eigenvalue weighted by Crippen LogP contribution is -2.42. The lowest BCUT2D eigenvalue weighted by atomic mass is 9.84. The van der Waals surface area contributed by atoms with Gasteiger partial charge in [-0.3, -0.25) is 0 Å². The van der Waals surface area contributed by atoms with Crippen molar-refractivity contribution in [3.8, 4) is 0 Å². The average molecular weight is 264 g/mol. The lowest BCUT2D eigenvalue weighted by Gasteiger charge is -2.31. The van der Waals surface area contributed by atoms with E-state index < -0.39 is 11.7 Å². The zero-order chi connectivity index (χ0) is 14.7. The summed E-state index contributed by atoms with van der Waals surface area (Å²) in [6, 6.07) is 8.32. The van der Waals surface area contributed by atoms with Crippen LogP contribution in [0, 0.1) is 0 Å². The molecule has 0 aliphatic carbocycles. The van der Waals surface area contributed by atoms with E-state index in [1.165, 1.54) is 5.56 Å². The molecule has 0 bridgehead atoms. The maximum absolute atomic E-state index is 10.3. The first kappa shape index (κ1) is 16.2. The van der Waals surface area contributed by atoms with Crippen LogP contribution in [-0.4, -0.2) is 21.9 Å². The second kappa shape index (κ2) is 6.06. The summed E-state index contributed by atoms with van der Waals surface area (Å²) in [4.78, 5) is 0. The average Bonchev–Trinajstić information content (AvgIpc) is 2.37. The first-order chi connectivity index (χ1) is 8.73. The summed E-state index contributed by atoms with van der Waals surface area (Å²) in [5.74, 6) is 0. The van der Waals surface area contributed by atoms with Crippen molar-refractivity contribution in [1.82, 2.24) is 0 Å². The zero-order valence-electron chi connectivity index (χ0n) is 12.9. The fourth-order valence-corrected chi connectivity index (χ4v) is 2.28. The molecular formula is C17H28O2. The van der Waals surface area contributed by atoms with Crippen LogP contribution in [0.5, 0.6) is 0 Å². The van der Waals surface area contributed by atoms with Gasteiger partial charge in [-0.05, 0) is 29.4 Å². The Hall–Kier alpha value is -0.860. The van der Waals surface area contributed by atoms with Crippen LogP contribution in [0.2, 0.25) is 0 Å². The van der Waals surface area contributed by atoms with Crippen LogP contribution >= 0.6 is 0 Å². The Bertz CT molecular complexity index is 383. The number of hydrogen-bond donors (Lipinski definition) is 2. The summed E-state index contributed by atoms with van der Waals surface area (Å²) in [6.07, 6.45) is 0.945. The molecule has 1 aromatic rings. The minimum Gasteiger partial charge on any atom is -0.390 e. The van der Waals surface area contributed by atoms with E-state index in [0.717, 1.165) is 5.56 Å². The van der Waals surface area contributed by atoms with Crippen LogP contribution in [-0.2, 0) is 11.8 Å². The topological polar surface area (TPSA) is 40.5 Å². The molecule has 2 N–H and O–H groups in total. The molecule has 0 spiro atoms. The van der Waals surface area contributed by atoms with Crippen molar-refractivity contribution in [1.29, 1.82) is 0 Å². The van der Waals surface area contributed by atoms with E-state index in [0.29, 0.717) is 19.3 Å². The predicted molar refractivity (Wildman–Crippen MR) is 80.4 cm³/mol. The van der Waals surface area contributed by atoms with Gasteiger partial charge in [0.15, 0.2) is 0 Å². The standard InChI is InChI=1S/C17H28O2/c1-6-17(19,7-2)15(18)12-13-8-10-14(11-9-13)16(3,4)5/h8-11,15,18-19H,6-7,12H2,1-5H3. The van der Waals surface area contributed by atoms with Crippen molar-refractivity contribution in [2.24, 2.45) is 0 Å². The van der Waals surface area contributed by atoms with Gasteiger partial charge >= 0.3 is 0 Å². The van der Waals surface area contributed by atoms with E-state index in [-0.39, 0.29) is 5.41 Å². The number of hydrogen-bond acceptors (Lipinski definition) is 2. The third-order valence-corrected chi connectivity index (χ3v) is 4.09. The largest absolute Gasteiger partial charge is 0.390 e. The Morgan fingerprint density at radius 2 is 1.47 bits per heavy atom. The quantitative estimate of drug-likeness (QED) is 0.855. The Kier molecular flexibility index (Phi) is 5.17. The predicted octanol–water partition coefficient (Wildman–Crippen LogP) is 3.44. The van der Waals surface area contributed by atoms with Gasteiger partial charge in [-0.2, -0.15) is 0 Å². The van der Waals surface area contributed by atoms with E-state index in [1.807, 2.05) is 13.8 Å². The number of aliphatic hydroxyl groups excluding tert-OH is 1. The fourth-order valence-electron chi connectivity index (χ4n) is 2.28. The lowest BCUT2D eigenvalue weighted by molar-refractivity contribution is -0.0790. The zero-order valence-corrected chi connectivity index (χ0v) is 12.9. The number of benzene rings is 1. The summed E-state index contributed by atoms with van der Waals surface area (Å²) in [7, 11) is 0. The summed E-state index contributed by atoms with van der Waals surface area (Å²) < 4.78 is 0. The Balaban J connectivity index is 2.78. The SMILES string of the molecule is CCC(O)(CC)C(O)Cc1ccc(C(C)(C)C)cc1. The van der Waals surface area contributed by atoms with Gasteiger partial charge in [0.25, 0.3) is 0 Å². The van der Waals surface area contributed by atoms with Crippen LogP contribution in [0.25, 0.3) is 0 Å². The highest BCUT2D eigenvalue weighted by Crippen LogP contribution is 2.25. The van der Waals surface area contributed by atoms with Crippen LogP contribution in [0.1, 0.15) is 58.6 Å². The smallest absolute Gasteiger partial charge is 0.0903 e. The Labute approximate surface area is 117 Å². The number of rotatable bonds is 5. The van der Waals surface area contributed by atoms with Gasteiger partial charge in [-0.1, -0.05) is 58.9 Å². The summed E-state index contributed by atoms with van der Waals surface area (Å²) in [5.41, 5.74) is 1.53. The second-order valence-corrected chi connectivity index (χ2v) is 6.48. The Morgan fingerprint density at radius 3 is 1.84 bits per heavy atom. The molecule has 0 fully saturated rings. The highest BCUT2D eigenvalue weighted by atomic mass is 16.3. The molecular weight excluding hydrogens is 236 g/mol. The van der Waals surface area contributed by atoms with Gasteiger partial charge in [0.05, 0.1) is 11.7 Å². The van der Waals surface area contributed by atoms with Crippen molar-refractivity contribution < 1.29 is 10.2 Å². The molecule has 0 heterocycles. The molecule has 0 aromatic heterocycles. The molecule has 19 heavy (non-hydrogen) atoms. The van der Waals surface area contributed by atoms with Crippen LogP contribution in [0.3, 0.4) is 0 Å². The molecule has 1 atom stereocenters. The Morgan fingerprint density at radius 1 is 1.00 bits per heavy atom. The van der Waals surface area contributed by atoms with E-state index >= 15 is 0 Å². The summed E-state index contributed by atoms with van der Waals surface area (Å²) in [5, 5.41) is 20.5. The van der Waals surface area contributed by atoms with Crippen LogP contribution < -0.4 is 0 Å².